The van der Waals surface area contributed by atoms with E-state index in [9.17, 15) is 9.59 Å². The van der Waals surface area contributed by atoms with Crippen molar-refractivity contribution in [2.75, 3.05) is 7.11 Å². The highest BCUT2D eigenvalue weighted by molar-refractivity contribution is 5.68. The second-order valence-corrected chi connectivity index (χ2v) is 3.20. The molecule has 94 valence electrons. The molecule has 0 unspecified atom stereocenters. The Morgan fingerprint density at radius 1 is 1.18 bits per heavy atom. The van der Waals surface area contributed by atoms with Crippen molar-refractivity contribution in [2.24, 2.45) is 0 Å². The Morgan fingerprint density at radius 3 is 2.12 bits per heavy atom. The van der Waals surface area contributed by atoms with Crippen LogP contribution in [0.15, 0.2) is 30.3 Å². The fourth-order valence-corrected chi connectivity index (χ4v) is 0.904. The average molecular weight is 238 g/mol. The summed E-state index contributed by atoms with van der Waals surface area (Å²) < 4.78 is 9.05. The van der Waals surface area contributed by atoms with E-state index in [1.807, 2.05) is 30.3 Å². The van der Waals surface area contributed by atoms with Crippen LogP contribution in [0.3, 0.4) is 0 Å². The van der Waals surface area contributed by atoms with Gasteiger partial charge in [-0.2, -0.15) is 0 Å². The number of rotatable bonds is 3. The first kappa shape index (κ1) is 15.2. The van der Waals surface area contributed by atoms with Gasteiger partial charge in [-0.1, -0.05) is 37.3 Å². The summed E-state index contributed by atoms with van der Waals surface area (Å²) in [6, 6.07) is 9.60. The van der Waals surface area contributed by atoms with Crippen molar-refractivity contribution in [1.29, 1.82) is 0 Å². The summed E-state index contributed by atoms with van der Waals surface area (Å²) in [5.74, 6) is -0.399. The highest BCUT2D eigenvalue weighted by Gasteiger charge is 1.93. The maximum absolute atomic E-state index is 10.4. The van der Waals surface area contributed by atoms with E-state index in [0.717, 1.165) is 5.56 Å². The van der Waals surface area contributed by atoms with Gasteiger partial charge >= 0.3 is 11.9 Å². The summed E-state index contributed by atoms with van der Waals surface area (Å²) in [6.07, 6.45) is 0.469. The topological polar surface area (TPSA) is 52.6 Å². The molecular weight excluding hydrogens is 220 g/mol. The third-order valence-corrected chi connectivity index (χ3v) is 1.80. The molecule has 0 aromatic heterocycles. The molecule has 0 saturated carbocycles. The highest BCUT2D eigenvalue weighted by Crippen LogP contribution is 1.99. The van der Waals surface area contributed by atoms with Crippen LogP contribution in [0.5, 0.6) is 0 Å². The standard InChI is InChI=1S/C9H10O2.C4H8O2/c1-8(10)11-7-9-5-3-2-4-6-9;1-3-4(5)6-2/h2-6H,7H2,1H3;3H2,1-2H3. The van der Waals surface area contributed by atoms with E-state index < -0.39 is 0 Å². The molecule has 0 radical (unpaired) electrons. The minimum absolute atomic E-state index is 0.157. The molecule has 0 fully saturated rings. The van der Waals surface area contributed by atoms with Crippen LogP contribution < -0.4 is 0 Å². The predicted octanol–water partition coefficient (Wildman–Crippen LogP) is 2.32. The molecule has 0 spiro atoms. The molecule has 0 aliphatic rings. The van der Waals surface area contributed by atoms with Crippen LogP contribution in [0, 0.1) is 0 Å². The van der Waals surface area contributed by atoms with Gasteiger partial charge in [0.1, 0.15) is 6.61 Å². The zero-order valence-corrected chi connectivity index (χ0v) is 10.4. The molecule has 1 rings (SSSR count). The number of ether oxygens (including phenoxy) is 2. The van der Waals surface area contributed by atoms with Gasteiger partial charge in [-0.05, 0) is 5.56 Å². The van der Waals surface area contributed by atoms with E-state index in [0.29, 0.717) is 13.0 Å². The van der Waals surface area contributed by atoms with Crippen LogP contribution in [-0.4, -0.2) is 19.0 Å². The monoisotopic (exact) mass is 238 g/mol. The predicted molar refractivity (Wildman–Crippen MR) is 64.2 cm³/mol. The van der Waals surface area contributed by atoms with Gasteiger partial charge < -0.3 is 9.47 Å². The van der Waals surface area contributed by atoms with Gasteiger partial charge in [-0.25, -0.2) is 0 Å². The van der Waals surface area contributed by atoms with Gasteiger partial charge in [0.2, 0.25) is 0 Å². The lowest BCUT2D eigenvalue weighted by atomic mass is 10.2. The molecule has 0 bridgehead atoms. The third kappa shape index (κ3) is 9.11. The minimum Gasteiger partial charge on any atom is -0.469 e. The smallest absolute Gasteiger partial charge is 0.305 e. The zero-order valence-electron chi connectivity index (χ0n) is 10.4. The normalized spacial score (nSPS) is 8.65. The second kappa shape index (κ2) is 9.39. The van der Waals surface area contributed by atoms with Crippen molar-refractivity contribution in [1.82, 2.24) is 0 Å². The van der Waals surface area contributed by atoms with Crippen molar-refractivity contribution in [2.45, 2.75) is 26.9 Å². The molecular formula is C13H18O4. The maximum atomic E-state index is 10.4. The fraction of sp³-hybridized carbons (Fsp3) is 0.385. The number of hydrogen-bond donors (Lipinski definition) is 0. The largest absolute Gasteiger partial charge is 0.469 e. The van der Waals surface area contributed by atoms with Gasteiger partial charge in [0.05, 0.1) is 7.11 Å². The van der Waals surface area contributed by atoms with Gasteiger partial charge in [0.25, 0.3) is 0 Å². The Labute approximate surface area is 102 Å². The van der Waals surface area contributed by atoms with Gasteiger partial charge in [0, 0.05) is 13.3 Å². The quantitative estimate of drug-likeness (QED) is 0.758. The third-order valence-electron chi connectivity index (χ3n) is 1.80. The Kier molecular flexibility index (Phi) is 8.37. The van der Waals surface area contributed by atoms with Crippen molar-refractivity contribution in [3.05, 3.63) is 35.9 Å². The molecule has 0 amide bonds. The molecule has 4 heteroatoms. The number of methoxy groups -OCH3 is 1. The second-order valence-electron chi connectivity index (χ2n) is 3.20. The lowest BCUT2D eigenvalue weighted by Gasteiger charge is -1.99. The fourth-order valence-electron chi connectivity index (χ4n) is 0.904. The van der Waals surface area contributed by atoms with Crippen molar-refractivity contribution >= 4 is 11.9 Å². The molecule has 0 heterocycles. The number of carbonyl (C=O) groups is 2. The van der Waals surface area contributed by atoms with Crippen LogP contribution in [0.25, 0.3) is 0 Å². The molecule has 0 aliphatic heterocycles. The van der Waals surface area contributed by atoms with E-state index in [-0.39, 0.29) is 11.9 Å². The lowest BCUT2D eigenvalue weighted by Crippen LogP contribution is -1.97. The molecule has 1 aromatic carbocycles. The summed E-state index contributed by atoms with van der Waals surface area (Å²) in [6.45, 7) is 3.53. The van der Waals surface area contributed by atoms with Crippen LogP contribution in [0.4, 0.5) is 0 Å². The Bertz CT molecular complexity index is 327. The van der Waals surface area contributed by atoms with Crippen molar-refractivity contribution < 1.29 is 19.1 Å². The summed E-state index contributed by atoms with van der Waals surface area (Å²) in [5, 5.41) is 0. The number of hydrogen-bond acceptors (Lipinski definition) is 4. The summed E-state index contributed by atoms with van der Waals surface area (Å²) in [4.78, 5) is 20.4. The average Bonchev–Trinajstić information content (AvgIpc) is 2.37. The molecule has 4 nitrogen and oxygen atoms in total. The SMILES string of the molecule is CC(=O)OCc1ccccc1.CCC(=O)OC. The van der Waals surface area contributed by atoms with Crippen LogP contribution in [-0.2, 0) is 25.7 Å². The first-order valence-electron chi connectivity index (χ1n) is 5.34. The summed E-state index contributed by atoms with van der Waals surface area (Å²) in [7, 11) is 1.38. The number of esters is 2. The van der Waals surface area contributed by atoms with E-state index in [1.54, 1.807) is 6.92 Å². The van der Waals surface area contributed by atoms with E-state index >= 15 is 0 Å². The van der Waals surface area contributed by atoms with Crippen LogP contribution >= 0.6 is 0 Å². The van der Waals surface area contributed by atoms with E-state index in [2.05, 4.69) is 4.74 Å². The highest BCUT2D eigenvalue weighted by atomic mass is 16.5. The summed E-state index contributed by atoms with van der Waals surface area (Å²) >= 11 is 0. The molecule has 1 aromatic rings. The summed E-state index contributed by atoms with van der Waals surface area (Å²) in [5.41, 5.74) is 1.02. The Balaban J connectivity index is 0.000000366. The molecule has 0 atom stereocenters. The molecule has 0 aliphatic carbocycles. The van der Waals surface area contributed by atoms with E-state index in [1.165, 1.54) is 14.0 Å². The Hall–Kier alpha value is -1.84. The van der Waals surface area contributed by atoms with Gasteiger partial charge in [-0.3, -0.25) is 9.59 Å². The van der Waals surface area contributed by atoms with E-state index in [4.69, 9.17) is 4.74 Å². The number of carbonyl (C=O) groups excluding carboxylic acids is 2. The lowest BCUT2D eigenvalue weighted by molar-refractivity contribution is -0.142. The van der Waals surface area contributed by atoms with Crippen molar-refractivity contribution in [3.8, 4) is 0 Å². The van der Waals surface area contributed by atoms with Gasteiger partial charge in [0.15, 0.2) is 0 Å². The molecule has 0 saturated heterocycles. The number of benzene rings is 1. The van der Waals surface area contributed by atoms with Gasteiger partial charge in [-0.15, -0.1) is 0 Å². The molecule has 17 heavy (non-hydrogen) atoms. The van der Waals surface area contributed by atoms with Crippen LogP contribution in [0.2, 0.25) is 0 Å². The Morgan fingerprint density at radius 2 is 1.76 bits per heavy atom. The maximum Gasteiger partial charge on any atom is 0.305 e. The van der Waals surface area contributed by atoms with Crippen LogP contribution in [0.1, 0.15) is 25.8 Å². The van der Waals surface area contributed by atoms with Crippen molar-refractivity contribution in [3.63, 3.8) is 0 Å². The first-order chi connectivity index (χ1) is 8.10. The zero-order chi connectivity index (χ0) is 13.1. The minimum atomic E-state index is -0.242. The first-order valence-corrected chi connectivity index (χ1v) is 5.34. The molecule has 0 N–H and O–H groups in total.